The monoisotopic (exact) mass is 324 g/mol. The lowest BCUT2D eigenvalue weighted by Crippen LogP contribution is -2.13. The standard InChI is InChI=1S/C15H17ClN2O2S/c1-9-3-2-4-12(9)18-13-6-5-10(16)7-11(13)17-15(18)21-8-14(19)20/h5-7,9,12H,2-4,8H2,1H3,(H,19,20). The summed E-state index contributed by atoms with van der Waals surface area (Å²) in [6, 6.07) is 6.10. The Morgan fingerprint density at radius 1 is 1.52 bits per heavy atom. The highest BCUT2D eigenvalue weighted by molar-refractivity contribution is 7.99. The van der Waals surface area contributed by atoms with Crippen molar-refractivity contribution in [2.24, 2.45) is 5.92 Å². The van der Waals surface area contributed by atoms with Crippen LogP contribution >= 0.6 is 23.4 Å². The molecule has 6 heteroatoms. The molecule has 1 heterocycles. The number of nitrogens with zero attached hydrogens (tertiary/aromatic N) is 2. The zero-order chi connectivity index (χ0) is 15.0. The van der Waals surface area contributed by atoms with Crippen LogP contribution in [0.15, 0.2) is 23.4 Å². The Morgan fingerprint density at radius 3 is 3.00 bits per heavy atom. The molecule has 1 aliphatic rings. The van der Waals surface area contributed by atoms with Gasteiger partial charge in [-0.2, -0.15) is 0 Å². The van der Waals surface area contributed by atoms with Gasteiger partial charge in [0.2, 0.25) is 0 Å². The highest BCUT2D eigenvalue weighted by Crippen LogP contribution is 2.40. The van der Waals surface area contributed by atoms with Gasteiger partial charge in [-0.05, 0) is 37.0 Å². The van der Waals surface area contributed by atoms with Crippen LogP contribution in [0.3, 0.4) is 0 Å². The molecule has 4 nitrogen and oxygen atoms in total. The molecule has 3 rings (SSSR count). The van der Waals surface area contributed by atoms with E-state index in [1.807, 2.05) is 18.2 Å². The van der Waals surface area contributed by atoms with Crippen LogP contribution in [0.25, 0.3) is 11.0 Å². The minimum Gasteiger partial charge on any atom is -0.481 e. The quantitative estimate of drug-likeness (QED) is 0.855. The Balaban J connectivity index is 2.08. The smallest absolute Gasteiger partial charge is 0.313 e. The molecular weight excluding hydrogens is 308 g/mol. The molecule has 0 amide bonds. The summed E-state index contributed by atoms with van der Waals surface area (Å²) in [4.78, 5) is 15.5. The summed E-state index contributed by atoms with van der Waals surface area (Å²) in [5.41, 5.74) is 1.89. The maximum Gasteiger partial charge on any atom is 0.313 e. The molecule has 112 valence electrons. The van der Waals surface area contributed by atoms with Gasteiger partial charge in [-0.15, -0.1) is 0 Å². The summed E-state index contributed by atoms with van der Waals surface area (Å²) in [5, 5.41) is 10.4. The number of aromatic nitrogens is 2. The van der Waals surface area contributed by atoms with Gasteiger partial charge >= 0.3 is 5.97 Å². The minimum atomic E-state index is -0.823. The Hall–Kier alpha value is -1.20. The maximum absolute atomic E-state index is 10.9. The molecule has 1 aromatic heterocycles. The van der Waals surface area contributed by atoms with Crippen LogP contribution in [0, 0.1) is 5.92 Å². The fourth-order valence-corrected chi connectivity index (χ4v) is 4.06. The molecule has 1 aromatic carbocycles. The van der Waals surface area contributed by atoms with E-state index in [4.69, 9.17) is 16.7 Å². The molecule has 2 aromatic rings. The van der Waals surface area contributed by atoms with Crippen molar-refractivity contribution in [1.29, 1.82) is 0 Å². The number of imidazole rings is 1. The third kappa shape index (κ3) is 2.90. The van der Waals surface area contributed by atoms with E-state index < -0.39 is 5.97 Å². The average Bonchev–Trinajstić information content (AvgIpc) is 2.98. The van der Waals surface area contributed by atoms with E-state index in [0.29, 0.717) is 17.0 Å². The molecule has 0 bridgehead atoms. The normalized spacial score (nSPS) is 22.0. The zero-order valence-corrected chi connectivity index (χ0v) is 13.3. The van der Waals surface area contributed by atoms with Crippen LogP contribution in [-0.4, -0.2) is 26.4 Å². The van der Waals surface area contributed by atoms with Crippen molar-refractivity contribution in [2.45, 2.75) is 37.4 Å². The van der Waals surface area contributed by atoms with Crippen molar-refractivity contribution in [3.63, 3.8) is 0 Å². The van der Waals surface area contributed by atoms with Crippen molar-refractivity contribution < 1.29 is 9.90 Å². The number of aliphatic carboxylic acids is 1. The molecule has 0 aliphatic heterocycles. The predicted molar refractivity (Wildman–Crippen MR) is 85.2 cm³/mol. The lowest BCUT2D eigenvalue weighted by atomic mass is 10.1. The topological polar surface area (TPSA) is 55.1 Å². The molecular formula is C15H17ClN2O2S. The summed E-state index contributed by atoms with van der Waals surface area (Å²) in [6.07, 6.45) is 3.54. The van der Waals surface area contributed by atoms with Gasteiger partial charge in [-0.1, -0.05) is 36.7 Å². The van der Waals surface area contributed by atoms with Gasteiger partial charge in [0.25, 0.3) is 0 Å². The molecule has 0 spiro atoms. The Labute approximate surface area is 132 Å². The number of carboxylic acid groups (broad SMARTS) is 1. The molecule has 2 unspecified atom stereocenters. The summed E-state index contributed by atoms with van der Waals surface area (Å²) in [7, 11) is 0. The largest absolute Gasteiger partial charge is 0.481 e. The van der Waals surface area contributed by atoms with Gasteiger partial charge in [-0.25, -0.2) is 4.98 Å². The van der Waals surface area contributed by atoms with Crippen LogP contribution in [-0.2, 0) is 4.79 Å². The number of halogens is 1. The maximum atomic E-state index is 10.9. The zero-order valence-electron chi connectivity index (χ0n) is 11.8. The number of thioether (sulfide) groups is 1. The van der Waals surface area contributed by atoms with Crippen LogP contribution in [0.1, 0.15) is 32.2 Å². The van der Waals surface area contributed by atoms with E-state index in [-0.39, 0.29) is 5.75 Å². The first kappa shape index (κ1) is 14.7. The Bertz CT molecular complexity index is 686. The van der Waals surface area contributed by atoms with E-state index in [1.165, 1.54) is 24.6 Å². The lowest BCUT2D eigenvalue weighted by Gasteiger charge is -2.20. The van der Waals surface area contributed by atoms with E-state index in [0.717, 1.165) is 22.6 Å². The second-order valence-electron chi connectivity index (χ2n) is 5.56. The van der Waals surface area contributed by atoms with Crippen molar-refractivity contribution in [3.8, 4) is 0 Å². The number of carboxylic acids is 1. The number of hydrogen-bond acceptors (Lipinski definition) is 3. The van der Waals surface area contributed by atoms with Crippen LogP contribution in [0.2, 0.25) is 5.02 Å². The number of hydrogen-bond donors (Lipinski definition) is 1. The molecule has 1 aliphatic carbocycles. The van der Waals surface area contributed by atoms with E-state index in [2.05, 4.69) is 16.5 Å². The molecule has 0 saturated heterocycles. The number of benzene rings is 1. The lowest BCUT2D eigenvalue weighted by molar-refractivity contribution is -0.133. The first-order chi connectivity index (χ1) is 10.1. The summed E-state index contributed by atoms with van der Waals surface area (Å²) in [6.45, 7) is 2.26. The SMILES string of the molecule is CC1CCCC1n1c(SCC(=O)O)nc2cc(Cl)ccc21. The third-order valence-electron chi connectivity index (χ3n) is 4.09. The van der Waals surface area contributed by atoms with Crippen molar-refractivity contribution in [3.05, 3.63) is 23.2 Å². The number of rotatable bonds is 4. The van der Waals surface area contributed by atoms with Crippen molar-refractivity contribution in [2.75, 3.05) is 5.75 Å². The molecule has 1 fully saturated rings. The highest BCUT2D eigenvalue weighted by atomic mass is 35.5. The molecule has 1 saturated carbocycles. The molecule has 21 heavy (non-hydrogen) atoms. The van der Waals surface area contributed by atoms with Crippen molar-refractivity contribution >= 4 is 40.4 Å². The van der Waals surface area contributed by atoms with Gasteiger partial charge < -0.3 is 9.67 Å². The van der Waals surface area contributed by atoms with E-state index in [9.17, 15) is 4.79 Å². The molecule has 2 atom stereocenters. The first-order valence-electron chi connectivity index (χ1n) is 7.08. The third-order valence-corrected chi connectivity index (χ3v) is 5.26. The van der Waals surface area contributed by atoms with Crippen LogP contribution < -0.4 is 0 Å². The molecule has 1 N–H and O–H groups in total. The summed E-state index contributed by atoms with van der Waals surface area (Å²) >= 11 is 7.33. The van der Waals surface area contributed by atoms with Gasteiger partial charge in [0.05, 0.1) is 16.8 Å². The summed E-state index contributed by atoms with van der Waals surface area (Å²) < 4.78 is 2.22. The second kappa shape index (κ2) is 5.89. The predicted octanol–water partition coefficient (Wildman–Crippen LogP) is 4.23. The highest BCUT2D eigenvalue weighted by Gasteiger charge is 2.28. The van der Waals surface area contributed by atoms with E-state index >= 15 is 0 Å². The van der Waals surface area contributed by atoms with E-state index in [1.54, 1.807) is 0 Å². The molecule has 0 radical (unpaired) electrons. The van der Waals surface area contributed by atoms with Crippen LogP contribution in [0.4, 0.5) is 0 Å². The van der Waals surface area contributed by atoms with Gasteiger partial charge in [0.15, 0.2) is 5.16 Å². The Morgan fingerprint density at radius 2 is 2.33 bits per heavy atom. The van der Waals surface area contributed by atoms with Gasteiger partial charge in [0, 0.05) is 11.1 Å². The minimum absolute atomic E-state index is 0.0259. The Kier molecular flexibility index (Phi) is 4.13. The average molecular weight is 325 g/mol. The second-order valence-corrected chi connectivity index (χ2v) is 6.93. The number of carbonyl (C=O) groups is 1. The van der Waals surface area contributed by atoms with Gasteiger partial charge in [0.1, 0.15) is 0 Å². The first-order valence-corrected chi connectivity index (χ1v) is 8.44. The fourth-order valence-electron chi connectivity index (χ4n) is 3.11. The van der Waals surface area contributed by atoms with Gasteiger partial charge in [-0.3, -0.25) is 4.79 Å². The van der Waals surface area contributed by atoms with Crippen molar-refractivity contribution in [1.82, 2.24) is 9.55 Å². The summed E-state index contributed by atoms with van der Waals surface area (Å²) in [5.74, 6) is -0.212. The number of fused-ring (bicyclic) bond motifs is 1. The van der Waals surface area contributed by atoms with Crippen LogP contribution in [0.5, 0.6) is 0 Å². The fraction of sp³-hybridized carbons (Fsp3) is 0.467.